The number of nitrogens with two attached hydrogens (primary N) is 2. The van der Waals surface area contributed by atoms with Crippen molar-refractivity contribution >= 4 is 50.0 Å². The Morgan fingerprint density at radius 3 is 2.45 bits per heavy atom. The third-order valence-electron chi connectivity index (χ3n) is 2.90. The molecule has 0 aliphatic rings. The van der Waals surface area contributed by atoms with Gasteiger partial charge in [-0.25, -0.2) is 0 Å². The number of nitrogen functional groups attached to an aromatic ring is 2. The van der Waals surface area contributed by atoms with Crippen LogP contribution in [-0.2, 0) is 0 Å². The van der Waals surface area contributed by atoms with E-state index in [0.717, 1.165) is 20.9 Å². The zero-order chi connectivity index (χ0) is 14.1. The number of hydrogen-bond donors (Lipinski definition) is 3. The first-order valence-electron chi connectivity index (χ1n) is 5.98. The molecule has 0 atom stereocenters. The maximum absolute atomic E-state index is 5.67. The summed E-state index contributed by atoms with van der Waals surface area (Å²) in [5.41, 5.74) is 12.2. The highest BCUT2D eigenvalue weighted by Gasteiger charge is 2.06. The number of rotatable bonds is 2. The first-order chi connectivity index (χ1) is 9.63. The normalized spacial score (nSPS) is 10.7. The van der Waals surface area contributed by atoms with E-state index in [1.165, 1.54) is 0 Å². The number of nitrogens with zero attached hydrogens (tertiary/aromatic N) is 2. The molecule has 0 radical (unpaired) electrons. The minimum atomic E-state index is 0.147. The lowest BCUT2D eigenvalue weighted by atomic mass is 10.1. The SMILES string of the molecule is Nc1cc(Nc2ccc(Br)c3ccccc23)nc(N)n1. The van der Waals surface area contributed by atoms with E-state index in [4.69, 9.17) is 11.5 Å². The van der Waals surface area contributed by atoms with Crippen LogP contribution >= 0.6 is 15.9 Å². The molecule has 1 aromatic heterocycles. The van der Waals surface area contributed by atoms with Crippen molar-refractivity contribution in [2.75, 3.05) is 16.8 Å². The van der Waals surface area contributed by atoms with Gasteiger partial charge in [0.1, 0.15) is 11.6 Å². The number of hydrogen-bond acceptors (Lipinski definition) is 5. The highest BCUT2D eigenvalue weighted by atomic mass is 79.9. The van der Waals surface area contributed by atoms with Crippen LogP contribution in [0.25, 0.3) is 10.8 Å². The van der Waals surface area contributed by atoms with Crippen molar-refractivity contribution in [1.82, 2.24) is 9.97 Å². The van der Waals surface area contributed by atoms with Crippen LogP contribution in [0.1, 0.15) is 0 Å². The predicted molar refractivity (Wildman–Crippen MR) is 85.8 cm³/mol. The van der Waals surface area contributed by atoms with Crippen molar-refractivity contribution in [3.8, 4) is 0 Å². The molecule has 20 heavy (non-hydrogen) atoms. The molecule has 0 fully saturated rings. The highest BCUT2D eigenvalue weighted by Crippen LogP contribution is 2.31. The molecule has 0 saturated carbocycles. The van der Waals surface area contributed by atoms with Gasteiger partial charge in [0.15, 0.2) is 0 Å². The Bertz CT molecular complexity index is 767. The van der Waals surface area contributed by atoms with Crippen LogP contribution in [0, 0.1) is 0 Å². The van der Waals surface area contributed by atoms with Crippen LogP contribution in [-0.4, -0.2) is 9.97 Å². The van der Waals surface area contributed by atoms with Crippen LogP contribution in [0.4, 0.5) is 23.3 Å². The Morgan fingerprint density at radius 2 is 1.70 bits per heavy atom. The summed E-state index contributed by atoms with van der Waals surface area (Å²) >= 11 is 3.55. The molecule has 3 aromatic rings. The van der Waals surface area contributed by atoms with Gasteiger partial charge in [-0.05, 0) is 17.5 Å². The van der Waals surface area contributed by atoms with E-state index < -0.39 is 0 Å². The van der Waals surface area contributed by atoms with Crippen molar-refractivity contribution in [2.45, 2.75) is 0 Å². The second-order valence-corrected chi connectivity index (χ2v) is 5.16. The van der Waals surface area contributed by atoms with Gasteiger partial charge in [-0.3, -0.25) is 0 Å². The molecule has 100 valence electrons. The molecule has 0 unspecified atom stereocenters. The van der Waals surface area contributed by atoms with Crippen LogP contribution in [0.15, 0.2) is 46.9 Å². The van der Waals surface area contributed by atoms with Crippen molar-refractivity contribution in [3.05, 3.63) is 46.9 Å². The molecule has 0 spiro atoms. The van der Waals surface area contributed by atoms with Gasteiger partial charge >= 0.3 is 0 Å². The molecule has 0 bridgehead atoms. The summed E-state index contributed by atoms with van der Waals surface area (Å²) in [4.78, 5) is 7.97. The number of nitrogens with one attached hydrogen (secondary N) is 1. The second kappa shape index (κ2) is 4.97. The highest BCUT2D eigenvalue weighted by molar-refractivity contribution is 9.10. The van der Waals surface area contributed by atoms with Crippen LogP contribution in [0.5, 0.6) is 0 Å². The Hall–Kier alpha value is -2.34. The summed E-state index contributed by atoms with van der Waals surface area (Å²) in [5.74, 6) is 1.05. The van der Waals surface area contributed by atoms with Crippen molar-refractivity contribution in [1.29, 1.82) is 0 Å². The van der Waals surface area contributed by atoms with E-state index in [9.17, 15) is 0 Å². The average Bonchev–Trinajstić information content (AvgIpc) is 2.41. The largest absolute Gasteiger partial charge is 0.383 e. The molecule has 5 nitrogen and oxygen atoms in total. The maximum Gasteiger partial charge on any atom is 0.223 e. The number of fused-ring (bicyclic) bond motifs is 1. The van der Waals surface area contributed by atoms with E-state index in [-0.39, 0.29) is 5.95 Å². The average molecular weight is 330 g/mol. The first-order valence-corrected chi connectivity index (χ1v) is 6.77. The van der Waals surface area contributed by atoms with Gasteiger partial charge < -0.3 is 16.8 Å². The smallest absolute Gasteiger partial charge is 0.223 e. The van der Waals surface area contributed by atoms with Crippen molar-refractivity contribution in [2.24, 2.45) is 0 Å². The van der Waals surface area contributed by atoms with E-state index in [1.54, 1.807) is 6.07 Å². The number of benzene rings is 2. The van der Waals surface area contributed by atoms with Crippen LogP contribution in [0.3, 0.4) is 0 Å². The Labute approximate surface area is 124 Å². The number of aromatic nitrogens is 2. The quantitative estimate of drug-likeness (QED) is 0.671. The Balaban J connectivity index is 2.09. The molecule has 0 aliphatic carbocycles. The molecule has 3 rings (SSSR count). The summed E-state index contributed by atoms with van der Waals surface area (Å²) in [6.07, 6.45) is 0. The van der Waals surface area contributed by atoms with Gasteiger partial charge in [-0.15, -0.1) is 0 Å². The third-order valence-corrected chi connectivity index (χ3v) is 3.59. The lowest BCUT2D eigenvalue weighted by molar-refractivity contribution is 1.19. The minimum Gasteiger partial charge on any atom is -0.383 e. The molecule has 2 aromatic carbocycles. The fourth-order valence-corrected chi connectivity index (χ4v) is 2.54. The van der Waals surface area contributed by atoms with Gasteiger partial charge in [-0.2, -0.15) is 9.97 Å². The van der Waals surface area contributed by atoms with Crippen LogP contribution in [0.2, 0.25) is 0 Å². The number of halogens is 1. The summed E-state index contributed by atoms with van der Waals surface area (Å²) < 4.78 is 1.04. The summed E-state index contributed by atoms with van der Waals surface area (Å²) in [5, 5.41) is 5.42. The summed E-state index contributed by atoms with van der Waals surface area (Å²) in [7, 11) is 0. The lowest BCUT2D eigenvalue weighted by Crippen LogP contribution is -2.03. The maximum atomic E-state index is 5.67. The third kappa shape index (κ3) is 2.37. The van der Waals surface area contributed by atoms with Gasteiger partial charge in [0.2, 0.25) is 5.95 Å². The predicted octanol–water partition coefficient (Wildman–Crippen LogP) is 3.30. The number of anilines is 4. The lowest BCUT2D eigenvalue weighted by Gasteiger charge is -2.11. The molecular weight excluding hydrogens is 318 g/mol. The standard InChI is InChI=1S/C14H12BrN5/c15-10-5-6-11(9-4-2-1-3-8(9)10)18-13-7-12(16)19-14(17)20-13/h1-7H,(H5,16,17,18,19,20). The van der Waals surface area contributed by atoms with E-state index >= 15 is 0 Å². The zero-order valence-electron chi connectivity index (χ0n) is 10.5. The Morgan fingerprint density at radius 1 is 0.950 bits per heavy atom. The molecule has 6 heteroatoms. The monoisotopic (exact) mass is 329 g/mol. The topological polar surface area (TPSA) is 89.8 Å². The Kier molecular flexibility index (Phi) is 3.15. The van der Waals surface area contributed by atoms with E-state index in [2.05, 4.69) is 31.2 Å². The van der Waals surface area contributed by atoms with Gasteiger partial charge in [0.25, 0.3) is 0 Å². The first kappa shape index (κ1) is 12.7. The van der Waals surface area contributed by atoms with Crippen LogP contribution < -0.4 is 16.8 Å². The van der Waals surface area contributed by atoms with Gasteiger partial charge in [0, 0.05) is 21.6 Å². The van der Waals surface area contributed by atoms with E-state index in [1.807, 2.05) is 36.4 Å². The fourth-order valence-electron chi connectivity index (χ4n) is 2.06. The summed E-state index contributed by atoms with van der Waals surface area (Å²) in [6, 6.07) is 13.7. The molecule has 0 amide bonds. The van der Waals surface area contributed by atoms with Gasteiger partial charge in [0.05, 0.1) is 0 Å². The zero-order valence-corrected chi connectivity index (χ0v) is 12.1. The molecular formula is C14H12BrN5. The molecule has 0 saturated heterocycles. The van der Waals surface area contributed by atoms with Crippen molar-refractivity contribution in [3.63, 3.8) is 0 Å². The summed E-state index contributed by atoms with van der Waals surface area (Å²) in [6.45, 7) is 0. The molecule has 0 aliphatic heterocycles. The fraction of sp³-hybridized carbons (Fsp3) is 0. The van der Waals surface area contributed by atoms with Gasteiger partial charge in [-0.1, -0.05) is 40.2 Å². The minimum absolute atomic E-state index is 0.147. The van der Waals surface area contributed by atoms with E-state index in [0.29, 0.717) is 11.6 Å². The second-order valence-electron chi connectivity index (χ2n) is 4.30. The molecule has 5 N–H and O–H groups in total. The molecule has 1 heterocycles. The van der Waals surface area contributed by atoms with Crippen molar-refractivity contribution < 1.29 is 0 Å².